The third-order valence-corrected chi connectivity index (χ3v) is 2.85. The van der Waals surface area contributed by atoms with Crippen molar-refractivity contribution in [1.82, 2.24) is 0 Å². The van der Waals surface area contributed by atoms with Gasteiger partial charge in [0.2, 0.25) is 0 Å². The van der Waals surface area contributed by atoms with E-state index in [1.54, 1.807) is 12.1 Å². The number of hydrogen-bond acceptors (Lipinski definition) is 2. The average molecular weight is 249 g/mol. The van der Waals surface area contributed by atoms with Gasteiger partial charge >= 0.3 is 5.97 Å². The van der Waals surface area contributed by atoms with Crippen LogP contribution in [0.1, 0.15) is 15.9 Å². The summed E-state index contributed by atoms with van der Waals surface area (Å²) in [5.74, 6) is -2.03. The van der Waals surface area contributed by atoms with Gasteiger partial charge in [0.25, 0.3) is 5.78 Å². The SMILES string of the molecule is O=C(O)C(=O)c1cccc2ccc(CCl)cc12. The summed E-state index contributed by atoms with van der Waals surface area (Å²) in [6, 6.07) is 10.4. The van der Waals surface area contributed by atoms with Crippen molar-refractivity contribution in [3.05, 3.63) is 47.5 Å². The lowest BCUT2D eigenvalue weighted by Gasteiger charge is -2.05. The molecule has 0 radical (unpaired) electrons. The lowest BCUT2D eigenvalue weighted by Crippen LogP contribution is -2.13. The van der Waals surface area contributed by atoms with Gasteiger partial charge in [-0.3, -0.25) is 4.79 Å². The number of aliphatic carboxylic acids is 1. The molecule has 17 heavy (non-hydrogen) atoms. The lowest BCUT2D eigenvalue weighted by molar-refractivity contribution is -0.131. The molecule has 0 unspecified atom stereocenters. The Morgan fingerprint density at radius 1 is 1.18 bits per heavy atom. The van der Waals surface area contributed by atoms with Crippen molar-refractivity contribution in [3.8, 4) is 0 Å². The number of carboxylic acid groups (broad SMARTS) is 1. The van der Waals surface area contributed by atoms with E-state index in [0.29, 0.717) is 11.3 Å². The van der Waals surface area contributed by atoms with Crippen molar-refractivity contribution in [3.63, 3.8) is 0 Å². The first-order valence-corrected chi connectivity index (χ1v) is 5.52. The quantitative estimate of drug-likeness (QED) is 0.516. The highest BCUT2D eigenvalue weighted by atomic mass is 35.5. The maximum Gasteiger partial charge on any atom is 0.377 e. The molecule has 0 fully saturated rings. The fraction of sp³-hybridized carbons (Fsp3) is 0.0769. The molecule has 0 spiro atoms. The number of ketones is 1. The summed E-state index contributed by atoms with van der Waals surface area (Å²) in [6.45, 7) is 0. The molecule has 3 nitrogen and oxygen atoms in total. The molecule has 0 aliphatic carbocycles. The van der Waals surface area contributed by atoms with E-state index in [2.05, 4.69) is 0 Å². The summed E-state index contributed by atoms with van der Waals surface area (Å²) in [5, 5.41) is 10.2. The molecule has 0 saturated carbocycles. The first-order chi connectivity index (χ1) is 8.13. The van der Waals surface area contributed by atoms with Crippen LogP contribution in [0.5, 0.6) is 0 Å². The van der Waals surface area contributed by atoms with Crippen molar-refractivity contribution in [1.29, 1.82) is 0 Å². The normalized spacial score (nSPS) is 10.4. The Bertz CT molecular complexity index is 605. The summed E-state index contributed by atoms with van der Waals surface area (Å²) in [4.78, 5) is 22.2. The van der Waals surface area contributed by atoms with Gasteiger partial charge in [0.05, 0.1) is 0 Å². The fourth-order valence-electron chi connectivity index (χ4n) is 1.72. The first-order valence-electron chi connectivity index (χ1n) is 4.98. The number of halogens is 1. The van der Waals surface area contributed by atoms with Crippen LogP contribution < -0.4 is 0 Å². The Morgan fingerprint density at radius 2 is 1.94 bits per heavy atom. The number of Topliss-reactive ketones (excluding diaryl/α,β-unsaturated/α-hetero) is 1. The van der Waals surface area contributed by atoms with Gasteiger partial charge in [0.1, 0.15) is 0 Å². The molecule has 2 rings (SSSR count). The molecular weight excluding hydrogens is 240 g/mol. The predicted molar refractivity (Wildman–Crippen MR) is 65.5 cm³/mol. The Kier molecular flexibility index (Phi) is 3.11. The molecule has 2 aromatic carbocycles. The van der Waals surface area contributed by atoms with Crippen LogP contribution in [0.4, 0.5) is 0 Å². The third-order valence-electron chi connectivity index (χ3n) is 2.54. The molecule has 0 aromatic heterocycles. The second kappa shape index (κ2) is 4.55. The Hall–Kier alpha value is -1.87. The summed E-state index contributed by atoms with van der Waals surface area (Å²) in [6.07, 6.45) is 0. The average Bonchev–Trinajstić information content (AvgIpc) is 2.36. The van der Waals surface area contributed by atoms with Gasteiger partial charge in [0, 0.05) is 11.4 Å². The van der Waals surface area contributed by atoms with E-state index >= 15 is 0 Å². The Labute approximate surface area is 103 Å². The number of carbonyl (C=O) groups excluding carboxylic acids is 1. The van der Waals surface area contributed by atoms with Crippen LogP contribution >= 0.6 is 11.6 Å². The fourth-order valence-corrected chi connectivity index (χ4v) is 1.88. The number of hydrogen-bond donors (Lipinski definition) is 1. The second-order valence-electron chi connectivity index (χ2n) is 3.63. The Morgan fingerprint density at radius 3 is 2.59 bits per heavy atom. The monoisotopic (exact) mass is 248 g/mol. The van der Waals surface area contributed by atoms with Gasteiger partial charge < -0.3 is 5.11 Å². The molecule has 1 N–H and O–H groups in total. The zero-order valence-corrected chi connectivity index (χ0v) is 9.57. The first kappa shape index (κ1) is 11.6. The highest BCUT2D eigenvalue weighted by Crippen LogP contribution is 2.21. The van der Waals surface area contributed by atoms with Gasteiger partial charge in [0.15, 0.2) is 0 Å². The minimum atomic E-state index is -1.45. The van der Waals surface area contributed by atoms with Crippen LogP contribution in [0.25, 0.3) is 10.8 Å². The maximum absolute atomic E-state index is 11.5. The molecule has 0 atom stereocenters. The van der Waals surface area contributed by atoms with Crippen molar-refractivity contribution in [2.45, 2.75) is 5.88 Å². The standard InChI is InChI=1S/C13H9ClO3/c14-7-8-4-5-9-2-1-3-10(11(9)6-8)12(15)13(16)17/h1-6H,7H2,(H,16,17). The maximum atomic E-state index is 11.5. The van der Waals surface area contributed by atoms with Gasteiger partial charge in [-0.2, -0.15) is 0 Å². The van der Waals surface area contributed by atoms with Crippen LogP contribution in [0.3, 0.4) is 0 Å². The number of benzene rings is 2. The topological polar surface area (TPSA) is 54.4 Å². The van der Waals surface area contributed by atoms with Crippen LogP contribution in [-0.4, -0.2) is 16.9 Å². The highest BCUT2D eigenvalue weighted by Gasteiger charge is 2.17. The molecule has 0 aliphatic rings. The number of carbonyl (C=O) groups is 2. The minimum Gasteiger partial charge on any atom is -0.475 e. The van der Waals surface area contributed by atoms with E-state index in [-0.39, 0.29) is 5.56 Å². The highest BCUT2D eigenvalue weighted by molar-refractivity contribution is 6.42. The van der Waals surface area contributed by atoms with Crippen molar-refractivity contribution < 1.29 is 14.7 Å². The molecule has 0 aliphatic heterocycles. The van der Waals surface area contributed by atoms with Gasteiger partial charge in [-0.05, 0) is 22.4 Å². The van der Waals surface area contributed by atoms with E-state index in [0.717, 1.165) is 10.9 Å². The summed E-state index contributed by atoms with van der Waals surface area (Å²) in [7, 11) is 0. The number of alkyl halides is 1. The van der Waals surface area contributed by atoms with Crippen LogP contribution in [0, 0.1) is 0 Å². The second-order valence-corrected chi connectivity index (χ2v) is 3.90. The predicted octanol–water partition coefficient (Wildman–Crippen LogP) is 2.85. The van der Waals surface area contributed by atoms with Crippen LogP contribution in [-0.2, 0) is 10.7 Å². The molecular formula is C13H9ClO3. The number of carboxylic acids is 1. The molecule has 0 saturated heterocycles. The summed E-state index contributed by atoms with van der Waals surface area (Å²) < 4.78 is 0. The smallest absolute Gasteiger partial charge is 0.377 e. The van der Waals surface area contributed by atoms with Crippen molar-refractivity contribution in [2.75, 3.05) is 0 Å². The van der Waals surface area contributed by atoms with E-state index in [1.807, 2.05) is 18.2 Å². The zero-order chi connectivity index (χ0) is 12.4. The number of fused-ring (bicyclic) bond motifs is 1. The zero-order valence-electron chi connectivity index (χ0n) is 8.81. The molecule has 0 amide bonds. The molecule has 2 aromatic rings. The molecule has 4 heteroatoms. The van der Waals surface area contributed by atoms with Crippen LogP contribution in [0.2, 0.25) is 0 Å². The van der Waals surface area contributed by atoms with Gasteiger partial charge in [-0.25, -0.2) is 4.79 Å². The van der Waals surface area contributed by atoms with Crippen molar-refractivity contribution >= 4 is 34.1 Å². The van der Waals surface area contributed by atoms with Gasteiger partial charge in [-0.1, -0.05) is 30.3 Å². The molecule has 86 valence electrons. The molecule has 0 bridgehead atoms. The summed E-state index contributed by atoms with van der Waals surface area (Å²) in [5.41, 5.74) is 1.05. The third kappa shape index (κ3) is 2.15. The lowest BCUT2D eigenvalue weighted by atomic mass is 10.00. The Balaban J connectivity index is 2.70. The van der Waals surface area contributed by atoms with E-state index in [4.69, 9.17) is 16.7 Å². The van der Waals surface area contributed by atoms with Crippen LogP contribution in [0.15, 0.2) is 36.4 Å². The molecule has 0 heterocycles. The van der Waals surface area contributed by atoms with Crippen molar-refractivity contribution in [2.24, 2.45) is 0 Å². The minimum absolute atomic E-state index is 0.196. The van der Waals surface area contributed by atoms with E-state index < -0.39 is 11.8 Å². The summed E-state index contributed by atoms with van der Waals surface area (Å²) >= 11 is 5.72. The van der Waals surface area contributed by atoms with Gasteiger partial charge in [-0.15, -0.1) is 11.6 Å². The largest absolute Gasteiger partial charge is 0.475 e. The number of rotatable bonds is 3. The van der Waals surface area contributed by atoms with E-state index in [9.17, 15) is 9.59 Å². The van der Waals surface area contributed by atoms with E-state index in [1.165, 1.54) is 6.07 Å².